The first-order valence-corrected chi connectivity index (χ1v) is 2.69. The van der Waals surface area contributed by atoms with Gasteiger partial charge in [-0.15, -0.1) is 6.58 Å². The van der Waals surface area contributed by atoms with Crippen LogP contribution in [0.3, 0.4) is 0 Å². The second kappa shape index (κ2) is 4.57. The second-order valence-corrected chi connectivity index (χ2v) is 1.82. The molecule has 0 amide bonds. The minimum Gasteiger partial charge on any atom is -0.216 e. The van der Waals surface area contributed by atoms with Crippen LogP contribution in [0.4, 0.5) is 4.39 Å². The lowest BCUT2D eigenvalue weighted by Crippen LogP contribution is -1.83. The Balaban J connectivity index is 3.31. The number of rotatable bonds is 3. The SMILES string of the molecule is C=CC[C@@H](C)/C=C/F. The van der Waals surface area contributed by atoms with E-state index in [-0.39, 0.29) is 5.92 Å². The van der Waals surface area contributed by atoms with E-state index in [1.165, 1.54) is 6.08 Å². The first-order valence-electron chi connectivity index (χ1n) is 2.69. The quantitative estimate of drug-likeness (QED) is 0.495. The zero-order chi connectivity index (χ0) is 6.41. The largest absolute Gasteiger partial charge is 0.216 e. The van der Waals surface area contributed by atoms with E-state index in [1.807, 2.05) is 6.92 Å². The molecule has 0 saturated carbocycles. The van der Waals surface area contributed by atoms with Crippen LogP contribution in [0, 0.1) is 5.92 Å². The highest BCUT2D eigenvalue weighted by Gasteiger charge is 1.89. The van der Waals surface area contributed by atoms with Crippen LogP contribution in [0.1, 0.15) is 13.3 Å². The van der Waals surface area contributed by atoms with Gasteiger partial charge in [-0.2, -0.15) is 0 Å². The zero-order valence-corrected chi connectivity index (χ0v) is 5.10. The normalized spacial score (nSPS) is 14.2. The summed E-state index contributed by atoms with van der Waals surface area (Å²) in [6, 6.07) is 0. The summed E-state index contributed by atoms with van der Waals surface area (Å²) in [7, 11) is 0. The molecule has 0 aliphatic rings. The highest BCUT2D eigenvalue weighted by molar-refractivity contribution is 4.84. The maximum Gasteiger partial charge on any atom is 0.0829 e. The van der Waals surface area contributed by atoms with Crippen molar-refractivity contribution in [2.75, 3.05) is 0 Å². The molecule has 8 heavy (non-hydrogen) atoms. The average Bonchev–Trinajstić information content (AvgIpc) is 1.68. The molecular weight excluding hydrogens is 103 g/mol. The third kappa shape index (κ3) is 3.59. The Bertz CT molecular complexity index is 84.4. The van der Waals surface area contributed by atoms with Crippen molar-refractivity contribution < 1.29 is 4.39 Å². The van der Waals surface area contributed by atoms with E-state index in [2.05, 4.69) is 6.58 Å². The molecule has 0 aromatic heterocycles. The van der Waals surface area contributed by atoms with Gasteiger partial charge in [-0.05, 0) is 12.3 Å². The van der Waals surface area contributed by atoms with Crippen LogP contribution < -0.4 is 0 Å². The molecule has 0 aromatic rings. The van der Waals surface area contributed by atoms with E-state index in [1.54, 1.807) is 6.08 Å². The fourth-order valence-corrected chi connectivity index (χ4v) is 0.466. The van der Waals surface area contributed by atoms with Crippen molar-refractivity contribution in [1.29, 1.82) is 0 Å². The lowest BCUT2D eigenvalue weighted by Gasteiger charge is -1.96. The van der Waals surface area contributed by atoms with Crippen molar-refractivity contribution in [3.63, 3.8) is 0 Å². The third-order valence-electron chi connectivity index (χ3n) is 0.940. The summed E-state index contributed by atoms with van der Waals surface area (Å²) >= 11 is 0. The van der Waals surface area contributed by atoms with Gasteiger partial charge in [0.2, 0.25) is 0 Å². The van der Waals surface area contributed by atoms with Crippen LogP contribution in [0.25, 0.3) is 0 Å². The first kappa shape index (κ1) is 7.41. The predicted molar refractivity (Wildman–Crippen MR) is 34.2 cm³/mol. The van der Waals surface area contributed by atoms with Crippen LogP contribution in [-0.4, -0.2) is 0 Å². The summed E-state index contributed by atoms with van der Waals surface area (Å²) in [4.78, 5) is 0. The molecule has 0 rings (SSSR count). The van der Waals surface area contributed by atoms with Crippen molar-refractivity contribution in [1.82, 2.24) is 0 Å². The third-order valence-corrected chi connectivity index (χ3v) is 0.940. The molecule has 0 heterocycles. The van der Waals surface area contributed by atoms with Crippen LogP contribution in [0.15, 0.2) is 25.1 Å². The molecule has 1 atom stereocenters. The van der Waals surface area contributed by atoms with E-state index >= 15 is 0 Å². The molecule has 0 aromatic carbocycles. The van der Waals surface area contributed by atoms with E-state index in [0.29, 0.717) is 6.33 Å². The molecular formula is C7H11F. The highest BCUT2D eigenvalue weighted by Crippen LogP contribution is 2.02. The number of hydrogen-bond donors (Lipinski definition) is 0. The Hall–Kier alpha value is -0.590. The Morgan fingerprint density at radius 2 is 2.38 bits per heavy atom. The molecule has 1 heteroatoms. The van der Waals surface area contributed by atoms with Gasteiger partial charge in [0, 0.05) is 0 Å². The topological polar surface area (TPSA) is 0 Å². The summed E-state index contributed by atoms with van der Waals surface area (Å²) in [5.74, 6) is 0.289. The predicted octanol–water partition coefficient (Wildman–Crippen LogP) is 2.68. The van der Waals surface area contributed by atoms with Crippen molar-refractivity contribution in [3.8, 4) is 0 Å². The van der Waals surface area contributed by atoms with Gasteiger partial charge in [0.25, 0.3) is 0 Å². The molecule has 0 spiro atoms. The summed E-state index contributed by atoms with van der Waals surface area (Å²) < 4.78 is 11.4. The minimum absolute atomic E-state index is 0.289. The van der Waals surface area contributed by atoms with Gasteiger partial charge in [-0.1, -0.05) is 19.1 Å². The molecule has 0 unspecified atom stereocenters. The summed E-state index contributed by atoms with van der Waals surface area (Å²) in [5.41, 5.74) is 0. The average molecular weight is 114 g/mol. The monoisotopic (exact) mass is 114 g/mol. The van der Waals surface area contributed by atoms with Crippen LogP contribution in [0.2, 0.25) is 0 Å². The maximum atomic E-state index is 11.4. The van der Waals surface area contributed by atoms with Gasteiger partial charge in [0.05, 0.1) is 6.33 Å². The van der Waals surface area contributed by atoms with Crippen molar-refractivity contribution in [2.24, 2.45) is 5.92 Å². The molecule has 0 saturated heterocycles. The fourth-order valence-electron chi connectivity index (χ4n) is 0.466. The van der Waals surface area contributed by atoms with E-state index in [0.717, 1.165) is 6.42 Å². The van der Waals surface area contributed by atoms with Crippen LogP contribution in [0.5, 0.6) is 0 Å². The molecule has 0 nitrogen and oxygen atoms in total. The van der Waals surface area contributed by atoms with E-state index in [4.69, 9.17) is 0 Å². The summed E-state index contributed by atoms with van der Waals surface area (Å²) in [6.07, 6.45) is 4.72. The molecule has 0 fully saturated rings. The van der Waals surface area contributed by atoms with E-state index < -0.39 is 0 Å². The highest BCUT2D eigenvalue weighted by atomic mass is 19.1. The van der Waals surface area contributed by atoms with Crippen molar-refractivity contribution in [3.05, 3.63) is 25.1 Å². The number of hydrogen-bond acceptors (Lipinski definition) is 0. The van der Waals surface area contributed by atoms with Gasteiger partial charge in [0.15, 0.2) is 0 Å². The van der Waals surface area contributed by atoms with E-state index in [9.17, 15) is 4.39 Å². The number of allylic oxidation sites excluding steroid dienone is 2. The molecule has 0 radical (unpaired) electrons. The second-order valence-electron chi connectivity index (χ2n) is 1.82. The molecule has 46 valence electrons. The lowest BCUT2D eigenvalue weighted by atomic mass is 10.1. The molecule has 0 aliphatic heterocycles. The molecule has 0 N–H and O–H groups in total. The van der Waals surface area contributed by atoms with Gasteiger partial charge in [0.1, 0.15) is 0 Å². The standard InChI is InChI=1S/C7H11F/c1-3-4-7(2)5-6-8/h3,5-7H,1,4H2,2H3/b6-5+/t7-/m1/s1. The fraction of sp³-hybridized carbons (Fsp3) is 0.429. The Morgan fingerprint density at radius 3 is 2.75 bits per heavy atom. The van der Waals surface area contributed by atoms with Crippen LogP contribution >= 0.6 is 0 Å². The van der Waals surface area contributed by atoms with Gasteiger partial charge >= 0.3 is 0 Å². The first-order chi connectivity index (χ1) is 3.81. The Labute approximate surface area is 49.7 Å². The Kier molecular flexibility index (Phi) is 4.23. The van der Waals surface area contributed by atoms with Gasteiger partial charge in [-0.25, -0.2) is 4.39 Å². The molecule has 0 aliphatic carbocycles. The van der Waals surface area contributed by atoms with Crippen molar-refractivity contribution in [2.45, 2.75) is 13.3 Å². The minimum atomic E-state index is 0.289. The lowest BCUT2D eigenvalue weighted by molar-refractivity contribution is 0.675. The van der Waals surface area contributed by atoms with Gasteiger partial charge in [-0.3, -0.25) is 0 Å². The zero-order valence-electron chi connectivity index (χ0n) is 5.10. The van der Waals surface area contributed by atoms with Gasteiger partial charge < -0.3 is 0 Å². The maximum absolute atomic E-state index is 11.4. The number of halogens is 1. The smallest absolute Gasteiger partial charge is 0.0829 e. The van der Waals surface area contributed by atoms with Crippen molar-refractivity contribution >= 4 is 0 Å². The summed E-state index contributed by atoms with van der Waals surface area (Å²) in [5, 5.41) is 0. The van der Waals surface area contributed by atoms with Crippen LogP contribution in [-0.2, 0) is 0 Å². The Morgan fingerprint density at radius 1 is 1.75 bits per heavy atom. The summed E-state index contributed by atoms with van der Waals surface area (Å²) in [6.45, 7) is 5.47. The molecule has 0 bridgehead atoms.